The molecule has 0 aromatic heterocycles. The number of benzene rings is 1. The van der Waals surface area contributed by atoms with Crippen molar-refractivity contribution in [2.45, 2.75) is 18.9 Å². The van der Waals surface area contributed by atoms with E-state index in [1.807, 2.05) is 18.2 Å². The van der Waals surface area contributed by atoms with E-state index < -0.39 is 6.09 Å². The number of halogens is 1. The first kappa shape index (κ1) is 14.2. The summed E-state index contributed by atoms with van der Waals surface area (Å²) < 4.78 is 6.32. The van der Waals surface area contributed by atoms with Crippen LogP contribution in [0.2, 0.25) is 0 Å². The molecule has 2 amide bonds. The molecule has 3 rings (SSSR count). The molecule has 7 heteroatoms. The van der Waals surface area contributed by atoms with Gasteiger partial charge in [-0.2, -0.15) is 0 Å². The van der Waals surface area contributed by atoms with Gasteiger partial charge in [0.05, 0.1) is 10.2 Å². The first-order chi connectivity index (χ1) is 10.1. The summed E-state index contributed by atoms with van der Waals surface area (Å²) in [7, 11) is 0. The molecule has 0 saturated carbocycles. The van der Waals surface area contributed by atoms with E-state index in [9.17, 15) is 9.59 Å². The van der Waals surface area contributed by atoms with Gasteiger partial charge < -0.3 is 19.6 Å². The highest BCUT2D eigenvalue weighted by atomic mass is 79.9. The van der Waals surface area contributed by atoms with Gasteiger partial charge in [0, 0.05) is 19.1 Å². The fraction of sp³-hybridized carbons (Fsp3) is 0.429. The van der Waals surface area contributed by atoms with Crippen molar-refractivity contribution in [3.05, 3.63) is 22.7 Å². The number of rotatable bonds is 1. The lowest BCUT2D eigenvalue weighted by Gasteiger charge is -2.40. The smallest absolute Gasteiger partial charge is 0.407 e. The molecule has 0 aliphatic carbocycles. The van der Waals surface area contributed by atoms with Gasteiger partial charge in [-0.3, -0.25) is 4.79 Å². The van der Waals surface area contributed by atoms with E-state index in [2.05, 4.69) is 15.9 Å². The van der Waals surface area contributed by atoms with Gasteiger partial charge in [-0.15, -0.1) is 0 Å². The zero-order valence-electron chi connectivity index (χ0n) is 11.3. The molecule has 0 spiro atoms. The van der Waals surface area contributed by atoms with Crippen molar-refractivity contribution in [1.82, 2.24) is 4.90 Å². The van der Waals surface area contributed by atoms with Gasteiger partial charge in [0.15, 0.2) is 12.4 Å². The van der Waals surface area contributed by atoms with Gasteiger partial charge in [0.2, 0.25) is 0 Å². The van der Waals surface area contributed by atoms with Crippen molar-refractivity contribution in [2.75, 3.05) is 24.6 Å². The molecule has 1 saturated heterocycles. The third-order valence-electron chi connectivity index (χ3n) is 3.91. The molecule has 1 fully saturated rings. The second-order valence-electron chi connectivity index (χ2n) is 5.14. The number of nitrogens with zero attached hydrogens (tertiary/aromatic N) is 2. The minimum atomic E-state index is -0.898. The highest BCUT2D eigenvalue weighted by Crippen LogP contribution is 2.40. The Labute approximate surface area is 130 Å². The van der Waals surface area contributed by atoms with E-state index in [-0.39, 0.29) is 18.6 Å². The van der Waals surface area contributed by atoms with Crippen LogP contribution in [0, 0.1) is 0 Å². The van der Waals surface area contributed by atoms with Crippen LogP contribution >= 0.6 is 15.9 Å². The third kappa shape index (κ3) is 2.57. The molecule has 0 radical (unpaired) electrons. The van der Waals surface area contributed by atoms with Crippen LogP contribution in [0.5, 0.6) is 5.75 Å². The molecule has 1 aromatic carbocycles. The SMILES string of the molecule is O=C(O)N1CCC(N2C(=O)COc3c(Br)cccc32)CC1. The largest absolute Gasteiger partial charge is 0.480 e. The van der Waals surface area contributed by atoms with Crippen LogP contribution in [0.4, 0.5) is 10.5 Å². The summed E-state index contributed by atoms with van der Waals surface area (Å²) in [5.74, 6) is 0.604. The maximum atomic E-state index is 12.2. The lowest BCUT2D eigenvalue weighted by Crippen LogP contribution is -2.51. The number of likely N-dealkylation sites (tertiary alicyclic amines) is 1. The molecule has 112 valence electrons. The number of amides is 2. The number of para-hydroxylation sites is 1. The minimum absolute atomic E-state index is 0.0186. The average Bonchev–Trinajstić information content (AvgIpc) is 2.47. The van der Waals surface area contributed by atoms with Gasteiger partial charge in [-0.1, -0.05) is 6.07 Å². The summed E-state index contributed by atoms with van der Waals surface area (Å²) in [6.07, 6.45) is 0.387. The average molecular weight is 355 g/mol. The van der Waals surface area contributed by atoms with Crippen molar-refractivity contribution < 1.29 is 19.4 Å². The van der Waals surface area contributed by atoms with Crippen molar-refractivity contribution in [2.24, 2.45) is 0 Å². The second-order valence-corrected chi connectivity index (χ2v) is 6.00. The Morgan fingerprint density at radius 1 is 1.33 bits per heavy atom. The van der Waals surface area contributed by atoms with Crippen LogP contribution in [-0.4, -0.2) is 47.7 Å². The molecule has 2 aliphatic rings. The van der Waals surface area contributed by atoms with Crippen LogP contribution in [0.1, 0.15) is 12.8 Å². The normalized spacial score (nSPS) is 19.2. The third-order valence-corrected chi connectivity index (χ3v) is 4.54. The van der Waals surface area contributed by atoms with E-state index in [0.717, 1.165) is 10.2 Å². The molecule has 0 bridgehead atoms. The molecular weight excluding hydrogens is 340 g/mol. The highest BCUT2D eigenvalue weighted by molar-refractivity contribution is 9.10. The van der Waals surface area contributed by atoms with Gasteiger partial charge >= 0.3 is 6.09 Å². The second kappa shape index (κ2) is 5.55. The Morgan fingerprint density at radius 2 is 2.05 bits per heavy atom. The minimum Gasteiger partial charge on any atom is -0.480 e. The zero-order chi connectivity index (χ0) is 15.0. The lowest BCUT2D eigenvalue weighted by atomic mass is 10.0. The van der Waals surface area contributed by atoms with E-state index >= 15 is 0 Å². The number of carbonyl (C=O) groups excluding carboxylic acids is 1. The Hall–Kier alpha value is -1.76. The van der Waals surface area contributed by atoms with Crippen LogP contribution in [-0.2, 0) is 4.79 Å². The van der Waals surface area contributed by atoms with Gasteiger partial charge in [0.25, 0.3) is 5.91 Å². The zero-order valence-corrected chi connectivity index (χ0v) is 12.9. The maximum absolute atomic E-state index is 12.2. The van der Waals surface area contributed by atoms with Gasteiger partial charge in [-0.05, 0) is 40.9 Å². The number of hydrogen-bond acceptors (Lipinski definition) is 3. The molecule has 1 N–H and O–H groups in total. The van der Waals surface area contributed by atoms with E-state index in [1.54, 1.807) is 4.90 Å². The molecule has 0 unspecified atom stereocenters. The molecule has 1 aromatic rings. The predicted molar refractivity (Wildman–Crippen MR) is 79.7 cm³/mol. The molecule has 2 aliphatic heterocycles. The fourth-order valence-corrected chi connectivity index (χ4v) is 3.35. The highest BCUT2D eigenvalue weighted by Gasteiger charge is 2.35. The van der Waals surface area contributed by atoms with Crippen molar-refractivity contribution in [3.63, 3.8) is 0 Å². The fourth-order valence-electron chi connectivity index (χ4n) is 2.88. The summed E-state index contributed by atoms with van der Waals surface area (Å²) in [5.41, 5.74) is 0.759. The summed E-state index contributed by atoms with van der Waals surface area (Å²) >= 11 is 3.43. The van der Waals surface area contributed by atoms with Crippen molar-refractivity contribution in [1.29, 1.82) is 0 Å². The molecule has 2 heterocycles. The van der Waals surface area contributed by atoms with Crippen LogP contribution in [0.15, 0.2) is 22.7 Å². The quantitative estimate of drug-likeness (QED) is 0.839. The predicted octanol–water partition coefficient (Wildman–Crippen LogP) is 2.32. The summed E-state index contributed by atoms with van der Waals surface area (Å²) in [4.78, 5) is 26.4. The van der Waals surface area contributed by atoms with Gasteiger partial charge in [-0.25, -0.2) is 4.79 Å². The number of piperidine rings is 1. The Bertz CT molecular complexity index is 584. The monoisotopic (exact) mass is 354 g/mol. The maximum Gasteiger partial charge on any atom is 0.407 e. The first-order valence-electron chi connectivity index (χ1n) is 6.79. The van der Waals surface area contributed by atoms with Gasteiger partial charge in [0.1, 0.15) is 0 Å². The Balaban J connectivity index is 1.85. The summed E-state index contributed by atoms with van der Waals surface area (Å²) in [6.45, 7) is 0.927. The van der Waals surface area contributed by atoms with Crippen LogP contribution in [0.25, 0.3) is 0 Å². The van der Waals surface area contributed by atoms with E-state index in [1.165, 1.54) is 4.90 Å². The van der Waals surface area contributed by atoms with E-state index in [4.69, 9.17) is 9.84 Å². The standard InChI is InChI=1S/C14H15BrN2O4/c15-10-2-1-3-11-13(10)21-8-12(18)17(11)9-4-6-16(7-5-9)14(19)20/h1-3,9H,4-8H2,(H,19,20). The summed E-state index contributed by atoms with van der Waals surface area (Å²) in [6, 6.07) is 5.62. The molecule has 6 nitrogen and oxygen atoms in total. The Morgan fingerprint density at radius 3 is 2.71 bits per heavy atom. The van der Waals surface area contributed by atoms with Crippen LogP contribution in [0.3, 0.4) is 0 Å². The molecule has 0 atom stereocenters. The van der Waals surface area contributed by atoms with Crippen molar-refractivity contribution >= 4 is 33.6 Å². The van der Waals surface area contributed by atoms with Crippen molar-refractivity contribution in [3.8, 4) is 5.75 Å². The number of anilines is 1. The summed E-state index contributed by atoms with van der Waals surface area (Å²) in [5, 5.41) is 9.00. The first-order valence-corrected chi connectivity index (χ1v) is 7.58. The number of fused-ring (bicyclic) bond motifs is 1. The number of carbonyl (C=O) groups is 2. The van der Waals surface area contributed by atoms with Crippen LogP contribution < -0.4 is 9.64 Å². The molecular formula is C14H15BrN2O4. The lowest BCUT2D eigenvalue weighted by molar-refractivity contribution is -0.122. The number of carboxylic acid groups (broad SMARTS) is 1. The number of hydrogen-bond donors (Lipinski definition) is 1. The molecule has 21 heavy (non-hydrogen) atoms. The Kier molecular flexibility index (Phi) is 3.75. The number of ether oxygens (including phenoxy) is 1. The van der Waals surface area contributed by atoms with E-state index in [0.29, 0.717) is 31.7 Å². The topological polar surface area (TPSA) is 70.1 Å².